The Morgan fingerprint density at radius 1 is 1.48 bits per heavy atom. The Kier molecular flexibility index (Phi) is 6.92. The van der Waals surface area contributed by atoms with Gasteiger partial charge in [0.15, 0.2) is 0 Å². The summed E-state index contributed by atoms with van der Waals surface area (Å²) in [4.78, 5) is 11.1. The van der Waals surface area contributed by atoms with E-state index in [0.29, 0.717) is 13.0 Å². The van der Waals surface area contributed by atoms with Crippen molar-refractivity contribution in [1.29, 1.82) is 0 Å². The van der Waals surface area contributed by atoms with Crippen LogP contribution in [0.3, 0.4) is 0 Å². The summed E-state index contributed by atoms with van der Waals surface area (Å²) in [6.45, 7) is 2.13. The van der Waals surface area contributed by atoms with Crippen molar-refractivity contribution in [2.75, 3.05) is 18.9 Å². The second-order valence-corrected chi connectivity index (χ2v) is 7.08. The van der Waals surface area contributed by atoms with Crippen LogP contribution >= 0.6 is 27.5 Å². The van der Waals surface area contributed by atoms with Crippen LogP contribution in [-0.2, 0) is 19.6 Å². The van der Waals surface area contributed by atoms with Crippen molar-refractivity contribution in [2.45, 2.75) is 24.7 Å². The molecule has 0 radical (unpaired) electrons. The molecule has 0 aliphatic rings. The Morgan fingerprint density at radius 3 is 2.76 bits per heavy atom. The number of nitrogens with one attached hydrogen (secondary N) is 1. The molecule has 0 atom stereocenters. The SMILES string of the molecule is CCOC(=O)CCCNS(=O)(=O)c1cc(Cl)cc(N)c1Br. The highest BCUT2D eigenvalue weighted by Gasteiger charge is 2.19. The Morgan fingerprint density at radius 2 is 2.14 bits per heavy atom. The topological polar surface area (TPSA) is 98.5 Å². The summed E-state index contributed by atoms with van der Waals surface area (Å²) >= 11 is 8.94. The highest BCUT2D eigenvalue weighted by molar-refractivity contribution is 9.10. The molecular weight excluding hydrogens is 384 g/mol. The van der Waals surface area contributed by atoms with E-state index in [0.717, 1.165) is 0 Å². The van der Waals surface area contributed by atoms with E-state index in [1.54, 1.807) is 6.92 Å². The van der Waals surface area contributed by atoms with Crippen LogP contribution in [0.15, 0.2) is 21.5 Å². The van der Waals surface area contributed by atoms with Crippen LogP contribution in [0.2, 0.25) is 5.02 Å². The molecule has 118 valence electrons. The zero-order chi connectivity index (χ0) is 16.0. The summed E-state index contributed by atoms with van der Waals surface area (Å²) in [6.07, 6.45) is 0.487. The second kappa shape index (κ2) is 7.98. The van der Waals surface area contributed by atoms with Gasteiger partial charge in [0.25, 0.3) is 0 Å². The first-order valence-corrected chi connectivity index (χ1v) is 8.83. The zero-order valence-electron chi connectivity index (χ0n) is 11.4. The number of hydrogen-bond donors (Lipinski definition) is 2. The Balaban J connectivity index is 2.69. The summed E-state index contributed by atoms with van der Waals surface area (Å²) in [5.74, 6) is -0.357. The Bertz CT molecular complexity index is 622. The average Bonchev–Trinajstić information content (AvgIpc) is 2.39. The van der Waals surface area contributed by atoms with Gasteiger partial charge in [0.05, 0.1) is 16.0 Å². The molecule has 6 nitrogen and oxygen atoms in total. The molecule has 0 bridgehead atoms. The van der Waals surface area contributed by atoms with Crippen molar-refractivity contribution in [1.82, 2.24) is 4.72 Å². The molecule has 0 aromatic heterocycles. The van der Waals surface area contributed by atoms with Crippen LogP contribution < -0.4 is 10.5 Å². The van der Waals surface area contributed by atoms with Gasteiger partial charge >= 0.3 is 5.97 Å². The van der Waals surface area contributed by atoms with Crippen LogP contribution in [0.4, 0.5) is 5.69 Å². The Labute approximate surface area is 137 Å². The number of anilines is 1. The van der Waals surface area contributed by atoms with Crippen LogP contribution in [0.1, 0.15) is 19.8 Å². The first-order chi connectivity index (χ1) is 9.77. The van der Waals surface area contributed by atoms with E-state index in [4.69, 9.17) is 22.1 Å². The number of carbonyl (C=O) groups is 1. The van der Waals surface area contributed by atoms with E-state index in [9.17, 15) is 13.2 Å². The van der Waals surface area contributed by atoms with Gasteiger partial charge in [-0.15, -0.1) is 0 Å². The average molecular weight is 400 g/mol. The third-order valence-corrected chi connectivity index (χ3v) is 5.33. The second-order valence-electron chi connectivity index (χ2n) is 4.11. The van der Waals surface area contributed by atoms with Crippen molar-refractivity contribution in [3.8, 4) is 0 Å². The van der Waals surface area contributed by atoms with Crippen molar-refractivity contribution in [2.24, 2.45) is 0 Å². The lowest BCUT2D eigenvalue weighted by Gasteiger charge is -2.10. The van der Waals surface area contributed by atoms with Crippen molar-refractivity contribution in [3.63, 3.8) is 0 Å². The quantitative estimate of drug-likeness (QED) is 0.416. The molecule has 0 amide bonds. The monoisotopic (exact) mass is 398 g/mol. The van der Waals surface area contributed by atoms with E-state index >= 15 is 0 Å². The van der Waals surface area contributed by atoms with Crippen molar-refractivity contribution >= 4 is 49.2 Å². The van der Waals surface area contributed by atoms with Crippen molar-refractivity contribution < 1.29 is 17.9 Å². The minimum atomic E-state index is -3.76. The highest BCUT2D eigenvalue weighted by Crippen LogP contribution is 2.31. The number of nitrogens with two attached hydrogens (primary N) is 1. The number of rotatable bonds is 7. The number of nitrogen functional groups attached to an aromatic ring is 1. The molecule has 9 heteroatoms. The maximum atomic E-state index is 12.2. The predicted octanol–water partition coefficient (Wildman–Crippen LogP) is 2.31. The molecule has 21 heavy (non-hydrogen) atoms. The molecule has 1 aromatic rings. The fraction of sp³-hybridized carbons (Fsp3) is 0.417. The number of halogens is 2. The van der Waals surface area contributed by atoms with Crippen LogP contribution in [0.5, 0.6) is 0 Å². The fourth-order valence-electron chi connectivity index (χ4n) is 1.53. The number of carbonyl (C=O) groups excluding carboxylic acids is 1. The minimum Gasteiger partial charge on any atom is -0.466 e. The highest BCUT2D eigenvalue weighted by atomic mass is 79.9. The standard InChI is InChI=1S/C12H16BrClN2O4S/c1-2-20-11(17)4-3-5-16-21(18,19)10-7-8(14)6-9(15)12(10)13/h6-7,16H,2-5,15H2,1H3. The normalized spacial score (nSPS) is 11.4. The molecule has 0 fully saturated rings. The summed E-state index contributed by atoms with van der Waals surface area (Å²) in [5.41, 5.74) is 5.89. The molecule has 0 aliphatic carbocycles. The third kappa shape index (κ3) is 5.46. The molecule has 3 N–H and O–H groups in total. The van der Waals surface area contributed by atoms with E-state index in [-0.39, 0.29) is 39.0 Å². The van der Waals surface area contributed by atoms with Crippen LogP contribution in [0.25, 0.3) is 0 Å². The van der Waals surface area contributed by atoms with Gasteiger partial charge in [-0.2, -0.15) is 0 Å². The van der Waals surface area contributed by atoms with Gasteiger partial charge in [-0.05, 0) is 41.4 Å². The first kappa shape index (κ1) is 18.2. The van der Waals surface area contributed by atoms with Crippen molar-refractivity contribution in [3.05, 3.63) is 21.6 Å². The summed E-state index contributed by atoms with van der Waals surface area (Å²) in [7, 11) is -3.76. The number of ether oxygens (including phenoxy) is 1. The molecule has 0 aliphatic heterocycles. The van der Waals surface area contributed by atoms with Gasteiger partial charge < -0.3 is 10.5 Å². The van der Waals surface area contributed by atoms with Crippen LogP contribution in [-0.4, -0.2) is 27.5 Å². The van der Waals surface area contributed by atoms with Gasteiger partial charge in [0.1, 0.15) is 0 Å². The van der Waals surface area contributed by atoms with E-state index in [2.05, 4.69) is 20.7 Å². The molecule has 1 rings (SSSR count). The van der Waals surface area contributed by atoms with Gasteiger partial charge in [-0.3, -0.25) is 4.79 Å². The third-order valence-electron chi connectivity index (χ3n) is 2.48. The van der Waals surface area contributed by atoms with E-state index in [1.165, 1.54) is 12.1 Å². The molecule has 1 aromatic carbocycles. The molecular formula is C12H16BrClN2O4S. The number of hydrogen-bond acceptors (Lipinski definition) is 5. The predicted molar refractivity (Wildman–Crippen MR) is 84.6 cm³/mol. The first-order valence-electron chi connectivity index (χ1n) is 6.17. The molecule has 0 saturated carbocycles. The Hall–Kier alpha value is -0.830. The number of benzene rings is 1. The lowest BCUT2D eigenvalue weighted by atomic mass is 10.3. The van der Waals surface area contributed by atoms with Gasteiger partial charge in [-0.1, -0.05) is 11.6 Å². The van der Waals surface area contributed by atoms with Crippen LogP contribution in [0, 0.1) is 0 Å². The fourth-order valence-corrected chi connectivity index (χ4v) is 3.89. The molecule has 0 saturated heterocycles. The molecule has 0 spiro atoms. The van der Waals surface area contributed by atoms with Gasteiger partial charge in [0.2, 0.25) is 10.0 Å². The largest absolute Gasteiger partial charge is 0.466 e. The lowest BCUT2D eigenvalue weighted by molar-refractivity contribution is -0.143. The summed E-state index contributed by atoms with van der Waals surface area (Å²) < 4.78 is 31.7. The molecule has 0 unspecified atom stereocenters. The maximum absolute atomic E-state index is 12.2. The smallest absolute Gasteiger partial charge is 0.305 e. The van der Waals surface area contributed by atoms with Gasteiger partial charge in [-0.25, -0.2) is 13.1 Å². The molecule has 0 heterocycles. The van der Waals surface area contributed by atoms with E-state index in [1.807, 2.05) is 0 Å². The zero-order valence-corrected chi connectivity index (χ0v) is 14.5. The maximum Gasteiger partial charge on any atom is 0.305 e. The van der Waals surface area contributed by atoms with Gasteiger partial charge in [0, 0.05) is 23.7 Å². The summed E-state index contributed by atoms with van der Waals surface area (Å²) in [6, 6.07) is 2.75. The lowest BCUT2D eigenvalue weighted by Crippen LogP contribution is -2.26. The number of sulfonamides is 1. The number of esters is 1. The van der Waals surface area contributed by atoms with E-state index < -0.39 is 10.0 Å². The summed E-state index contributed by atoms with van der Waals surface area (Å²) in [5, 5.41) is 0.225. The minimum absolute atomic E-state index is 0.0383.